The third kappa shape index (κ3) is 5.99. The first-order chi connectivity index (χ1) is 18.3. The molecule has 0 saturated carbocycles. The summed E-state index contributed by atoms with van der Waals surface area (Å²) in [5, 5.41) is 5.67. The van der Waals surface area contributed by atoms with Gasteiger partial charge in [-0.25, -0.2) is 0 Å². The highest BCUT2D eigenvalue weighted by atomic mass is 16.5. The van der Waals surface area contributed by atoms with Crippen molar-refractivity contribution in [3.05, 3.63) is 65.9 Å². The highest BCUT2D eigenvalue weighted by Gasteiger charge is 2.46. The normalized spacial score (nSPS) is 23.8. The maximum absolute atomic E-state index is 13.8. The second kappa shape index (κ2) is 12.1. The molecular weight excluding hydrogens is 484 g/mol. The van der Waals surface area contributed by atoms with E-state index in [0.717, 1.165) is 12.0 Å². The van der Waals surface area contributed by atoms with Crippen LogP contribution in [0, 0.1) is 5.92 Å². The van der Waals surface area contributed by atoms with Crippen LogP contribution in [0.15, 0.2) is 54.7 Å². The van der Waals surface area contributed by atoms with Crippen molar-refractivity contribution < 1.29 is 23.9 Å². The molecule has 2 heterocycles. The minimum atomic E-state index is -0.942. The Bertz CT molecular complexity index is 1180. The first kappa shape index (κ1) is 27.2. The molecule has 4 rings (SSSR count). The van der Waals surface area contributed by atoms with E-state index in [1.165, 1.54) is 11.1 Å². The van der Waals surface area contributed by atoms with E-state index in [1.807, 2.05) is 44.2 Å². The number of nitrogens with zero attached hydrogens (tertiary/aromatic N) is 1. The number of nitrogens with two attached hydrogens (primary N) is 1. The second-order valence-corrected chi connectivity index (χ2v) is 9.83. The average molecular weight is 521 g/mol. The predicted molar refractivity (Wildman–Crippen MR) is 144 cm³/mol. The van der Waals surface area contributed by atoms with Crippen LogP contribution in [0.5, 0.6) is 11.5 Å². The van der Waals surface area contributed by atoms with Crippen LogP contribution in [0.1, 0.15) is 37.8 Å². The van der Waals surface area contributed by atoms with Gasteiger partial charge < -0.3 is 30.7 Å². The SMILES string of the molecule is CC[C@H](C)[C@H](N)C(=O)N1CC[C@H]2Oc3ccc(OC)c(c3)/C=C\NC(=O)[C@H](Cc3ccccc3)NC(=O)[C@H]21. The maximum atomic E-state index is 13.8. The lowest BCUT2D eigenvalue weighted by Crippen LogP contribution is -2.59. The second-order valence-electron chi connectivity index (χ2n) is 9.83. The van der Waals surface area contributed by atoms with Crippen molar-refractivity contribution in [1.29, 1.82) is 0 Å². The molecule has 202 valence electrons. The van der Waals surface area contributed by atoms with Gasteiger partial charge in [-0.2, -0.15) is 0 Å². The van der Waals surface area contributed by atoms with Gasteiger partial charge in [0.1, 0.15) is 29.7 Å². The van der Waals surface area contributed by atoms with Gasteiger partial charge in [-0.1, -0.05) is 50.6 Å². The molecule has 5 atom stereocenters. The number of carbonyl (C=O) groups is 3. The molecule has 2 bridgehead atoms. The average Bonchev–Trinajstić information content (AvgIpc) is 3.35. The molecule has 2 aliphatic rings. The summed E-state index contributed by atoms with van der Waals surface area (Å²) in [5.41, 5.74) is 7.88. The number of benzene rings is 2. The number of fused-ring (bicyclic) bond motifs is 3. The maximum Gasteiger partial charge on any atom is 0.247 e. The topological polar surface area (TPSA) is 123 Å². The molecule has 2 aromatic carbocycles. The van der Waals surface area contributed by atoms with Crippen LogP contribution in [-0.2, 0) is 20.8 Å². The number of likely N-dealkylation sites (tertiary alicyclic amines) is 1. The molecule has 0 unspecified atom stereocenters. The Morgan fingerprint density at radius 3 is 2.66 bits per heavy atom. The van der Waals surface area contributed by atoms with Gasteiger partial charge in [-0.15, -0.1) is 0 Å². The molecule has 0 aliphatic carbocycles. The summed E-state index contributed by atoms with van der Waals surface area (Å²) >= 11 is 0. The van der Waals surface area contributed by atoms with Crippen LogP contribution in [0.3, 0.4) is 0 Å². The van der Waals surface area contributed by atoms with Crippen LogP contribution < -0.4 is 25.8 Å². The highest BCUT2D eigenvalue weighted by molar-refractivity contribution is 5.94. The van der Waals surface area contributed by atoms with E-state index in [4.69, 9.17) is 15.2 Å². The fourth-order valence-corrected chi connectivity index (χ4v) is 4.85. The first-order valence-electron chi connectivity index (χ1n) is 13.0. The molecule has 3 amide bonds. The zero-order valence-electron chi connectivity index (χ0n) is 22.1. The molecule has 1 saturated heterocycles. The monoisotopic (exact) mass is 520 g/mol. The summed E-state index contributed by atoms with van der Waals surface area (Å²) in [4.78, 5) is 42.0. The Kier molecular flexibility index (Phi) is 8.68. The molecule has 2 aromatic rings. The number of carbonyl (C=O) groups excluding carboxylic acids is 3. The van der Waals surface area contributed by atoms with Gasteiger partial charge >= 0.3 is 0 Å². The summed E-state index contributed by atoms with van der Waals surface area (Å²) in [6.07, 6.45) is 4.09. The number of nitrogens with one attached hydrogen (secondary N) is 2. The van der Waals surface area contributed by atoms with Crippen molar-refractivity contribution in [1.82, 2.24) is 15.5 Å². The molecule has 4 N–H and O–H groups in total. The number of methoxy groups -OCH3 is 1. The molecule has 9 heteroatoms. The third-order valence-corrected chi connectivity index (χ3v) is 7.33. The van der Waals surface area contributed by atoms with E-state index >= 15 is 0 Å². The lowest BCUT2D eigenvalue weighted by molar-refractivity contribution is -0.142. The van der Waals surface area contributed by atoms with Gasteiger partial charge in [0.05, 0.1) is 13.2 Å². The minimum absolute atomic E-state index is 0.0490. The Hall–Kier alpha value is -3.85. The molecule has 1 fully saturated rings. The summed E-state index contributed by atoms with van der Waals surface area (Å²) in [6, 6.07) is 12.2. The Balaban J connectivity index is 1.71. The third-order valence-electron chi connectivity index (χ3n) is 7.33. The van der Waals surface area contributed by atoms with Crippen molar-refractivity contribution in [2.75, 3.05) is 13.7 Å². The fourth-order valence-electron chi connectivity index (χ4n) is 4.85. The summed E-state index contributed by atoms with van der Waals surface area (Å²) in [6.45, 7) is 4.22. The van der Waals surface area contributed by atoms with Crippen LogP contribution in [-0.4, -0.2) is 60.5 Å². The molecule has 9 nitrogen and oxygen atoms in total. The summed E-state index contributed by atoms with van der Waals surface area (Å²) < 4.78 is 11.8. The zero-order valence-corrected chi connectivity index (χ0v) is 22.1. The molecule has 0 radical (unpaired) electrons. The van der Waals surface area contributed by atoms with E-state index in [9.17, 15) is 14.4 Å². The van der Waals surface area contributed by atoms with E-state index in [2.05, 4.69) is 10.6 Å². The van der Waals surface area contributed by atoms with Crippen LogP contribution in [0.2, 0.25) is 0 Å². The fraction of sp³-hybridized carbons (Fsp3) is 0.414. The van der Waals surface area contributed by atoms with Gasteiger partial charge in [0.15, 0.2) is 0 Å². The van der Waals surface area contributed by atoms with Crippen LogP contribution in [0.4, 0.5) is 0 Å². The van der Waals surface area contributed by atoms with Crippen molar-refractivity contribution in [2.45, 2.75) is 57.3 Å². The number of amides is 3. The lowest BCUT2D eigenvalue weighted by Gasteiger charge is -2.31. The number of rotatable bonds is 6. The first-order valence-corrected chi connectivity index (χ1v) is 13.0. The largest absolute Gasteiger partial charge is 0.496 e. The minimum Gasteiger partial charge on any atom is -0.496 e. The molecule has 38 heavy (non-hydrogen) atoms. The van der Waals surface area contributed by atoms with Gasteiger partial charge in [-0.3, -0.25) is 14.4 Å². The van der Waals surface area contributed by atoms with Crippen molar-refractivity contribution in [3.8, 4) is 11.5 Å². The van der Waals surface area contributed by atoms with Gasteiger partial charge in [-0.05, 0) is 35.8 Å². The Morgan fingerprint density at radius 2 is 1.95 bits per heavy atom. The Morgan fingerprint density at radius 1 is 1.18 bits per heavy atom. The lowest BCUT2D eigenvalue weighted by atomic mass is 9.98. The van der Waals surface area contributed by atoms with Crippen molar-refractivity contribution in [3.63, 3.8) is 0 Å². The molecule has 2 aliphatic heterocycles. The van der Waals surface area contributed by atoms with Crippen LogP contribution in [0.25, 0.3) is 6.08 Å². The molecular formula is C29H36N4O5. The molecule has 0 spiro atoms. The van der Waals surface area contributed by atoms with Crippen LogP contribution >= 0.6 is 0 Å². The van der Waals surface area contributed by atoms with E-state index in [0.29, 0.717) is 30.0 Å². The van der Waals surface area contributed by atoms with Gasteiger partial charge in [0.2, 0.25) is 17.7 Å². The van der Waals surface area contributed by atoms with Gasteiger partial charge in [0, 0.05) is 31.1 Å². The van der Waals surface area contributed by atoms with E-state index < -0.39 is 30.1 Å². The van der Waals surface area contributed by atoms with E-state index in [-0.39, 0.29) is 24.2 Å². The summed E-state index contributed by atoms with van der Waals surface area (Å²) in [7, 11) is 1.56. The summed E-state index contributed by atoms with van der Waals surface area (Å²) in [5.74, 6) is -0.0434. The standard InChI is InChI=1S/C29H36N4O5/c1-4-18(2)25(30)29(36)33-15-13-24-26(33)28(35)32-22(16-19-8-6-5-7-9-19)27(34)31-14-12-20-17-21(38-24)10-11-23(20)37-3/h5-12,14,17-18,22,24-26H,4,13,15-16,30H2,1-3H3,(H,31,34)(H,32,35)/b14-12-/t18-,22-,24+,25-,26-/m0/s1. The number of hydrogen-bond donors (Lipinski definition) is 3. The predicted octanol–water partition coefficient (Wildman–Crippen LogP) is 2.24. The van der Waals surface area contributed by atoms with E-state index in [1.54, 1.807) is 31.4 Å². The van der Waals surface area contributed by atoms with Gasteiger partial charge in [0.25, 0.3) is 0 Å². The van der Waals surface area contributed by atoms with Crippen molar-refractivity contribution in [2.24, 2.45) is 11.7 Å². The quantitative estimate of drug-likeness (QED) is 0.537. The number of ether oxygens (including phenoxy) is 2. The molecule has 0 aromatic heterocycles. The zero-order chi connectivity index (χ0) is 27.2. The Labute approximate surface area is 223 Å². The van der Waals surface area contributed by atoms with Crippen molar-refractivity contribution >= 4 is 23.8 Å². The highest BCUT2D eigenvalue weighted by Crippen LogP contribution is 2.30. The number of hydrogen-bond acceptors (Lipinski definition) is 6. The smallest absolute Gasteiger partial charge is 0.247 e.